The van der Waals surface area contributed by atoms with E-state index >= 15 is 0 Å². The van der Waals surface area contributed by atoms with Crippen LogP contribution in [0.15, 0.2) is 60.8 Å². The summed E-state index contributed by atoms with van der Waals surface area (Å²) < 4.78 is 18.5. The van der Waals surface area contributed by atoms with Crippen LogP contribution in [0.3, 0.4) is 0 Å². The van der Waals surface area contributed by atoms with Crippen molar-refractivity contribution >= 4 is 23.4 Å². The summed E-state index contributed by atoms with van der Waals surface area (Å²) in [5, 5.41) is 2.95. The molecule has 0 saturated carbocycles. The monoisotopic (exact) mass is 369 g/mol. The zero-order valence-corrected chi connectivity index (χ0v) is 15.1. The van der Waals surface area contributed by atoms with Gasteiger partial charge in [-0.05, 0) is 30.7 Å². The number of methoxy groups -OCH3 is 1. The van der Waals surface area contributed by atoms with E-state index in [0.717, 1.165) is 5.56 Å². The fourth-order valence-electron chi connectivity index (χ4n) is 2.91. The Hall–Kier alpha value is -3.35. The van der Waals surface area contributed by atoms with Gasteiger partial charge in [0.1, 0.15) is 5.82 Å². The molecule has 0 aromatic heterocycles. The Labute approximate surface area is 156 Å². The quantitative estimate of drug-likeness (QED) is 0.896. The number of nitrogens with zero attached hydrogens (tertiary/aromatic N) is 2. The number of carbonyl (C=O) groups is 2. The summed E-state index contributed by atoms with van der Waals surface area (Å²) in [5.41, 5.74) is 1.64. The highest BCUT2D eigenvalue weighted by Crippen LogP contribution is 2.29. The molecule has 3 rings (SSSR count). The van der Waals surface area contributed by atoms with Gasteiger partial charge in [-0.25, -0.2) is 14.1 Å². The largest absolute Gasteiger partial charge is 0.452 e. The number of benzene rings is 2. The van der Waals surface area contributed by atoms with Crippen molar-refractivity contribution in [2.24, 2.45) is 0 Å². The van der Waals surface area contributed by atoms with Crippen LogP contribution in [0.1, 0.15) is 12.5 Å². The maximum Gasteiger partial charge on any atom is 0.416 e. The van der Waals surface area contributed by atoms with Gasteiger partial charge in [0.05, 0.1) is 12.8 Å². The van der Waals surface area contributed by atoms with Gasteiger partial charge < -0.3 is 15.0 Å². The number of amides is 2. The maximum atomic E-state index is 13.6. The predicted octanol–water partition coefficient (Wildman–Crippen LogP) is 3.49. The second kappa shape index (κ2) is 7.90. The Morgan fingerprint density at radius 3 is 2.56 bits per heavy atom. The molecule has 0 aliphatic carbocycles. The average molecular weight is 369 g/mol. The van der Waals surface area contributed by atoms with Crippen molar-refractivity contribution < 1.29 is 18.7 Å². The van der Waals surface area contributed by atoms with Crippen molar-refractivity contribution in [1.82, 2.24) is 9.80 Å². The van der Waals surface area contributed by atoms with E-state index in [2.05, 4.69) is 5.32 Å². The summed E-state index contributed by atoms with van der Waals surface area (Å²) in [7, 11) is 1.25. The molecule has 1 unspecified atom stereocenters. The summed E-state index contributed by atoms with van der Waals surface area (Å²) in [6.07, 6.45) is -0.138. The van der Waals surface area contributed by atoms with Gasteiger partial charge in [0.15, 0.2) is 6.17 Å². The van der Waals surface area contributed by atoms with E-state index in [1.54, 1.807) is 12.3 Å². The number of halogens is 1. The lowest BCUT2D eigenvalue weighted by atomic mass is 10.1. The molecule has 0 fully saturated rings. The normalized spacial score (nSPS) is 16.8. The number of nitrogens with one attached hydrogen (secondary N) is 1. The third-order valence-electron chi connectivity index (χ3n) is 4.22. The van der Waals surface area contributed by atoms with E-state index in [1.165, 1.54) is 35.1 Å². The van der Waals surface area contributed by atoms with Gasteiger partial charge in [0, 0.05) is 18.4 Å². The molecule has 1 N–H and O–H groups in total. The molecule has 140 valence electrons. The molecular weight excluding hydrogens is 349 g/mol. The van der Waals surface area contributed by atoms with Crippen LogP contribution in [0, 0.1) is 5.82 Å². The lowest BCUT2D eigenvalue weighted by molar-refractivity contribution is -0.132. The Bertz CT molecular complexity index is 870. The second-order valence-corrected chi connectivity index (χ2v) is 5.90. The predicted molar refractivity (Wildman–Crippen MR) is 99.9 cm³/mol. The minimum Gasteiger partial charge on any atom is -0.452 e. The van der Waals surface area contributed by atoms with Crippen molar-refractivity contribution in [3.63, 3.8) is 0 Å². The molecule has 1 heterocycles. The highest BCUT2D eigenvalue weighted by molar-refractivity contribution is 5.96. The summed E-state index contributed by atoms with van der Waals surface area (Å²) in [5.74, 6) is -0.786. The molecule has 2 aromatic rings. The summed E-state index contributed by atoms with van der Waals surface area (Å²) in [6.45, 7) is 2.26. The van der Waals surface area contributed by atoms with Gasteiger partial charge in [-0.1, -0.05) is 36.4 Å². The smallest absolute Gasteiger partial charge is 0.416 e. The van der Waals surface area contributed by atoms with E-state index < -0.39 is 18.1 Å². The molecule has 6 nitrogen and oxygen atoms in total. The minimum atomic E-state index is -1.07. The van der Waals surface area contributed by atoms with Crippen LogP contribution in [0.25, 0.3) is 5.70 Å². The first kappa shape index (κ1) is 18.4. The summed E-state index contributed by atoms with van der Waals surface area (Å²) >= 11 is 0. The number of rotatable bonds is 4. The topological polar surface area (TPSA) is 61.9 Å². The molecular formula is C20H20FN3O3. The molecule has 1 aliphatic heterocycles. The van der Waals surface area contributed by atoms with E-state index in [9.17, 15) is 14.0 Å². The van der Waals surface area contributed by atoms with Crippen LogP contribution in [0.4, 0.5) is 14.9 Å². The Morgan fingerprint density at radius 2 is 1.93 bits per heavy atom. The number of anilines is 1. The first-order valence-electron chi connectivity index (χ1n) is 8.52. The molecule has 1 aliphatic rings. The van der Waals surface area contributed by atoms with E-state index in [-0.39, 0.29) is 5.91 Å². The Kier molecular flexibility index (Phi) is 5.40. The third kappa shape index (κ3) is 3.76. The van der Waals surface area contributed by atoms with Gasteiger partial charge in [-0.3, -0.25) is 4.79 Å². The maximum absolute atomic E-state index is 13.6. The lowest BCUT2D eigenvalue weighted by Gasteiger charge is -2.39. The fourth-order valence-corrected chi connectivity index (χ4v) is 2.91. The minimum absolute atomic E-state index is 0.341. The van der Waals surface area contributed by atoms with Gasteiger partial charge in [0.2, 0.25) is 0 Å². The van der Waals surface area contributed by atoms with E-state index in [1.807, 2.05) is 37.3 Å². The molecule has 2 amide bonds. The van der Waals surface area contributed by atoms with Gasteiger partial charge in [-0.2, -0.15) is 0 Å². The SMILES string of the molecule is CCN1C=C(c2ccccc2)N(C(=O)OC)C(Nc2cccc(F)c2)C1=O. The lowest BCUT2D eigenvalue weighted by Crippen LogP contribution is -2.56. The number of hydrogen-bond donors (Lipinski definition) is 1. The Balaban J connectivity index is 2.07. The molecule has 1 atom stereocenters. The number of ether oxygens (including phenoxy) is 1. The molecule has 7 heteroatoms. The van der Waals surface area contributed by atoms with E-state index in [4.69, 9.17) is 4.74 Å². The first-order chi connectivity index (χ1) is 13.0. The first-order valence-corrected chi connectivity index (χ1v) is 8.52. The molecule has 27 heavy (non-hydrogen) atoms. The van der Waals surface area contributed by atoms with Crippen molar-refractivity contribution in [2.45, 2.75) is 13.1 Å². The third-order valence-corrected chi connectivity index (χ3v) is 4.22. The fraction of sp³-hybridized carbons (Fsp3) is 0.200. The number of carbonyl (C=O) groups excluding carboxylic acids is 2. The highest BCUT2D eigenvalue weighted by Gasteiger charge is 2.40. The van der Waals surface area contributed by atoms with Crippen LogP contribution in [0.2, 0.25) is 0 Å². The van der Waals surface area contributed by atoms with Crippen LogP contribution in [-0.4, -0.2) is 41.6 Å². The van der Waals surface area contributed by atoms with Crippen molar-refractivity contribution in [1.29, 1.82) is 0 Å². The zero-order chi connectivity index (χ0) is 19.4. The van der Waals surface area contributed by atoms with Gasteiger partial charge >= 0.3 is 6.09 Å². The number of hydrogen-bond acceptors (Lipinski definition) is 4. The molecule has 0 saturated heterocycles. The molecule has 0 spiro atoms. The Morgan fingerprint density at radius 1 is 1.19 bits per heavy atom. The van der Waals surface area contributed by atoms with Crippen molar-refractivity contribution in [3.8, 4) is 0 Å². The zero-order valence-electron chi connectivity index (χ0n) is 15.1. The summed E-state index contributed by atoms with van der Waals surface area (Å²) in [6, 6.07) is 14.9. The molecule has 2 aromatic carbocycles. The molecule has 0 radical (unpaired) electrons. The van der Waals surface area contributed by atoms with E-state index in [0.29, 0.717) is 17.9 Å². The molecule has 0 bridgehead atoms. The van der Waals surface area contributed by atoms with Crippen LogP contribution in [0.5, 0.6) is 0 Å². The van der Waals surface area contributed by atoms with Gasteiger partial charge in [0.25, 0.3) is 5.91 Å². The average Bonchev–Trinajstić information content (AvgIpc) is 2.69. The summed E-state index contributed by atoms with van der Waals surface area (Å²) in [4.78, 5) is 28.2. The van der Waals surface area contributed by atoms with Crippen molar-refractivity contribution in [3.05, 3.63) is 72.2 Å². The van der Waals surface area contributed by atoms with Crippen LogP contribution >= 0.6 is 0 Å². The van der Waals surface area contributed by atoms with Crippen LogP contribution in [-0.2, 0) is 9.53 Å². The standard InChI is InChI=1S/C20H20FN3O3/c1-3-23-13-17(14-8-5-4-6-9-14)24(20(26)27-2)18(19(23)25)22-16-11-7-10-15(21)12-16/h4-13,18,22H,3H2,1-2H3. The van der Waals surface area contributed by atoms with Crippen molar-refractivity contribution in [2.75, 3.05) is 19.0 Å². The van der Waals surface area contributed by atoms with Crippen LogP contribution < -0.4 is 5.32 Å². The van der Waals surface area contributed by atoms with Gasteiger partial charge in [-0.15, -0.1) is 0 Å². The second-order valence-electron chi connectivity index (χ2n) is 5.90. The highest BCUT2D eigenvalue weighted by atomic mass is 19.1. The number of likely N-dealkylation sites (N-methyl/N-ethyl adjacent to an activating group) is 1.